The number of hydrazine groups is 1. The van der Waals surface area contributed by atoms with Crippen LogP contribution >= 0.6 is 0 Å². The number of carbonyl (C=O) groups is 2. The molecule has 0 aliphatic rings. The molecular formula is C17H19N3O3. The smallest absolute Gasteiger partial charge is 0.337 e. The molecule has 0 aliphatic heterocycles. The molecule has 2 rings (SSSR count). The molecule has 0 unspecified atom stereocenters. The minimum Gasteiger partial charge on any atom is -0.483 e. The van der Waals surface area contributed by atoms with Crippen molar-refractivity contribution in [2.45, 2.75) is 13.8 Å². The molecule has 0 bridgehead atoms. The first-order chi connectivity index (χ1) is 11.1. The van der Waals surface area contributed by atoms with Crippen molar-refractivity contribution in [1.82, 2.24) is 10.9 Å². The summed E-state index contributed by atoms with van der Waals surface area (Å²) in [6.45, 7) is 3.71. The van der Waals surface area contributed by atoms with Crippen molar-refractivity contribution in [3.8, 4) is 5.75 Å². The van der Waals surface area contributed by atoms with Crippen molar-refractivity contribution in [1.29, 1.82) is 0 Å². The lowest BCUT2D eigenvalue weighted by Gasteiger charge is -2.12. The molecule has 0 aromatic heterocycles. The number of urea groups is 1. The van der Waals surface area contributed by atoms with Crippen LogP contribution in [0.1, 0.15) is 11.1 Å². The Bertz CT molecular complexity index is 687. The molecule has 23 heavy (non-hydrogen) atoms. The first-order valence-electron chi connectivity index (χ1n) is 7.16. The van der Waals surface area contributed by atoms with Crippen LogP contribution < -0.4 is 20.9 Å². The Labute approximate surface area is 134 Å². The summed E-state index contributed by atoms with van der Waals surface area (Å²) in [6, 6.07) is 14.0. The standard InChI is InChI=1S/C17H19N3O3/c1-12-7-6-10-15(13(12)2)23-11-16(21)19-20-17(22)18-14-8-4-3-5-9-14/h3-10H,11H2,1-2H3,(H,19,21)(H2,18,20,22). The van der Waals surface area contributed by atoms with Crippen molar-refractivity contribution >= 4 is 17.6 Å². The fourth-order valence-electron chi connectivity index (χ4n) is 1.87. The number of ether oxygens (including phenoxy) is 1. The Hall–Kier alpha value is -3.02. The summed E-state index contributed by atoms with van der Waals surface area (Å²) in [5, 5.41) is 2.58. The third kappa shape index (κ3) is 5.03. The molecular weight excluding hydrogens is 294 g/mol. The minimum absolute atomic E-state index is 0.185. The first kappa shape index (κ1) is 16.4. The Kier molecular flexibility index (Phi) is 5.57. The lowest BCUT2D eigenvalue weighted by molar-refractivity contribution is -0.123. The lowest BCUT2D eigenvalue weighted by Crippen LogP contribution is -2.45. The molecule has 3 N–H and O–H groups in total. The molecule has 0 fully saturated rings. The van der Waals surface area contributed by atoms with Crippen LogP contribution in [0.2, 0.25) is 0 Å². The number of benzene rings is 2. The van der Waals surface area contributed by atoms with Gasteiger partial charge in [-0.1, -0.05) is 30.3 Å². The Morgan fingerprint density at radius 1 is 0.957 bits per heavy atom. The lowest BCUT2D eigenvalue weighted by atomic mass is 10.1. The number of amides is 3. The van der Waals surface area contributed by atoms with Gasteiger partial charge in [0.25, 0.3) is 5.91 Å². The van der Waals surface area contributed by atoms with Gasteiger partial charge in [0.15, 0.2) is 6.61 Å². The summed E-state index contributed by atoms with van der Waals surface area (Å²) in [7, 11) is 0. The van der Waals surface area contributed by atoms with Gasteiger partial charge in [-0.2, -0.15) is 0 Å². The number of anilines is 1. The van der Waals surface area contributed by atoms with E-state index in [1.54, 1.807) is 30.3 Å². The number of rotatable bonds is 4. The average Bonchev–Trinajstić information content (AvgIpc) is 2.55. The topological polar surface area (TPSA) is 79.5 Å². The largest absolute Gasteiger partial charge is 0.483 e. The maximum atomic E-state index is 11.7. The van der Waals surface area contributed by atoms with E-state index in [1.807, 2.05) is 32.0 Å². The van der Waals surface area contributed by atoms with E-state index in [0.29, 0.717) is 11.4 Å². The maximum Gasteiger partial charge on any atom is 0.337 e. The minimum atomic E-state index is -0.531. The summed E-state index contributed by atoms with van der Waals surface area (Å²) < 4.78 is 5.45. The molecule has 2 aromatic rings. The van der Waals surface area contributed by atoms with Crippen LogP contribution in [0.3, 0.4) is 0 Å². The van der Waals surface area contributed by atoms with Crippen molar-refractivity contribution < 1.29 is 14.3 Å². The van der Waals surface area contributed by atoms with Crippen LogP contribution in [0.4, 0.5) is 10.5 Å². The number of aryl methyl sites for hydroxylation is 1. The summed E-state index contributed by atoms with van der Waals surface area (Å²) in [4.78, 5) is 23.3. The predicted molar refractivity (Wildman–Crippen MR) is 88.2 cm³/mol. The van der Waals surface area contributed by atoms with E-state index in [2.05, 4.69) is 16.2 Å². The zero-order valence-electron chi connectivity index (χ0n) is 13.1. The molecule has 2 aromatic carbocycles. The quantitative estimate of drug-likeness (QED) is 0.759. The summed E-state index contributed by atoms with van der Waals surface area (Å²) in [5.74, 6) is 0.197. The second-order valence-corrected chi connectivity index (χ2v) is 4.98. The summed E-state index contributed by atoms with van der Waals surface area (Å²) >= 11 is 0. The van der Waals surface area contributed by atoms with E-state index in [9.17, 15) is 9.59 Å². The van der Waals surface area contributed by atoms with Crippen molar-refractivity contribution in [2.75, 3.05) is 11.9 Å². The molecule has 120 valence electrons. The molecule has 0 atom stereocenters. The Morgan fingerprint density at radius 3 is 2.43 bits per heavy atom. The van der Waals surface area contributed by atoms with Crippen LogP contribution in [-0.4, -0.2) is 18.5 Å². The average molecular weight is 313 g/mol. The first-order valence-corrected chi connectivity index (χ1v) is 7.16. The zero-order valence-corrected chi connectivity index (χ0v) is 13.1. The van der Waals surface area contributed by atoms with Crippen molar-refractivity contribution in [3.05, 3.63) is 59.7 Å². The highest BCUT2D eigenvalue weighted by Gasteiger charge is 2.07. The van der Waals surface area contributed by atoms with E-state index in [0.717, 1.165) is 11.1 Å². The van der Waals surface area contributed by atoms with Gasteiger partial charge >= 0.3 is 6.03 Å². The van der Waals surface area contributed by atoms with Gasteiger partial charge in [0.05, 0.1) is 0 Å². The molecule has 0 saturated heterocycles. The van der Waals surface area contributed by atoms with Crippen LogP contribution in [-0.2, 0) is 4.79 Å². The number of carbonyl (C=O) groups excluding carboxylic acids is 2. The number of hydrogen-bond donors (Lipinski definition) is 3. The molecule has 3 amide bonds. The molecule has 0 spiro atoms. The van der Waals surface area contributed by atoms with Gasteiger partial charge in [-0.25, -0.2) is 10.2 Å². The van der Waals surface area contributed by atoms with E-state index in [-0.39, 0.29) is 6.61 Å². The number of hydrogen-bond acceptors (Lipinski definition) is 3. The predicted octanol–water partition coefficient (Wildman–Crippen LogP) is 2.54. The van der Waals surface area contributed by atoms with Gasteiger partial charge in [-0.05, 0) is 43.2 Å². The second kappa shape index (κ2) is 7.84. The molecule has 0 aliphatic carbocycles. The summed E-state index contributed by atoms with van der Waals surface area (Å²) in [5.41, 5.74) is 7.24. The van der Waals surface area contributed by atoms with Gasteiger partial charge < -0.3 is 10.1 Å². The Balaban J connectivity index is 1.75. The number of para-hydroxylation sites is 1. The van der Waals surface area contributed by atoms with E-state index in [1.165, 1.54) is 0 Å². The molecule has 0 heterocycles. The van der Waals surface area contributed by atoms with Gasteiger partial charge in [-0.15, -0.1) is 0 Å². The Morgan fingerprint density at radius 2 is 1.70 bits per heavy atom. The monoisotopic (exact) mass is 313 g/mol. The van der Waals surface area contributed by atoms with Gasteiger partial charge in [0.2, 0.25) is 0 Å². The van der Waals surface area contributed by atoms with E-state index in [4.69, 9.17) is 4.74 Å². The zero-order chi connectivity index (χ0) is 16.7. The summed E-state index contributed by atoms with van der Waals surface area (Å²) in [6.07, 6.45) is 0. The molecule has 6 nitrogen and oxygen atoms in total. The van der Waals surface area contributed by atoms with Gasteiger partial charge in [0.1, 0.15) is 5.75 Å². The third-order valence-electron chi connectivity index (χ3n) is 3.26. The van der Waals surface area contributed by atoms with E-state index < -0.39 is 11.9 Å². The van der Waals surface area contributed by atoms with E-state index >= 15 is 0 Å². The molecule has 0 radical (unpaired) electrons. The molecule has 6 heteroatoms. The van der Waals surface area contributed by atoms with Gasteiger partial charge in [0, 0.05) is 5.69 Å². The normalized spacial score (nSPS) is 9.83. The maximum absolute atomic E-state index is 11.7. The van der Waals surface area contributed by atoms with Crippen LogP contribution in [0, 0.1) is 13.8 Å². The van der Waals surface area contributed by atoms with Crippen LogP contribution in [0.25, 0.3) is 0 Å². The SMILES string of the molecule is Cc1cccc(OCC(=O)NNC(=O)Nc2ccccc2)c1C. The molecule has 0 saturated carbocycles. The highest BCUT2D eigenvalue weighted by molar-refractivity contribution is 5.91. The third-order valence-corrected chi connectivity index (χ3v) is 3.26. The van der Waals surface area contributed by atoms with Crippen LogP contribution in [0.5, 0.6) is 5.75 Å². The fraction of sp³-hybridized carbons (Fsp3) is 0.176. The second-order valence-electron chi connectivity index (χ2n) is 4.98. The highest BCUT2D eigenvalue weighted by atomic mass is 16.5. The van der Waals surface area contributed by atoms with Crippen molar-refractivity contribution in [2.24, 2.45) is 0 Å². The van der Waals surface area contributed by atoms with Crippen molar-refractivity contribution in [3.63, 3.8) is 0 Å². The highest BCUT2D eigenvalue weighted by Crippen LogP contribution is 2.20. The number of nitrogens with one attached hydrogen (secondary N) is 3. The fourth-order valence-corrected chi connectivity index (χ4v) is 1.87. The van der Waals surface area contributed by atoms with Gasteiger partial charge in [-0.3, -0.25) is 10.2 Å². The van der Waals surface area contributed by atoms with Crippen LogP contribution in [0.15, 0.2) is 48.5 Å².